The molecule has 0 aliphatic heterocycles. The fraction of sp³-hybridized carbons (Fsp3) is 0.714. The van der Waals surface area contributed by atoms with Gasteiger partial charge in [-0.15, -0.1) is 0 Å². The summed E-state index contributed by atoms with van der Waals surface area (Å²) >= 11 is 0. The molecule has 0 bridgehead atoms. The molecule has 0 spiro atoms. The third kappa shape index (κ3) is 2.57. The molecule has 1 heterocycles. The van der Waals surface area contributed by atoms with Crippen molar-refractivity contribution in [1.29, 1.82) is 0 Å². The lowest BCUT2D eigenvalue weighted by Gasteiger charge is -2.34. The average molecular weight is 249 g/mol. The van der Waals surface area contributed by atoms with E-state index >= 15 is 0 Å². The molecule has 1 N–H and O–H groups in total. The van der Waals surface area contributed by atoms with Gasteiger partial charge in [0.25, 0.3) is 5.56 Å². The van der Waals surface area contributed by atoms with Crippen LogP contribution in [0.3, 0.4) is 0 Å². The molecular formula is C14H23N3O. The quantitative estimate of drug-likeness (QED) is 0.895. The maximum absolute atomic E-state index is 12.1. The highest BCUT2D eigenvalue weighted by Crippen LogP contribution is 2.30. The number of rotatable bonds is 3. The van der Waals surface area contributed by atoms with Gasteiger partial charge in [0.15, 0.2) is 5.82 Å². The first-order chi connectivity index (χ1) is 8.63. The number of aryl methyl sites for hydroxylation is 1. The highest BCUT2D eigenvalue weighted by Gasteiger charge is 2.27. The summed E-state index contributed by atoms with van der Waals surface area (Å²) in [4.78, 5) is 16.3. The number of hydrogen-bond donors (Lipinski definition) is 1. The molecule has 0 radical (unpaired) electrons. The fourth-order valence-corrected chi connectivity index (χ4v) is 2.76. The zero-order valence-corrected chi connectivity index (χ0v) is 11.5. The number of nitrogens with one attached hydrogen (secondary N) is 1. The summed E-state index contributed by atoms with van der Waals surface area (Å²) in [5.41, 5.74) is -0.00886. The van der Waals surface area contributed by atoms with Gasteiger partial charge < -0.3 is 9.88 Å². The van der Waals surface area contributed by atoms with Gasteiger partial charge in [0, 0.05) is 25.0 Å². The second kappa shape index (κ2) is 5.55. The minimum atomic E-state index is -0.00886. The van der Waals surface area contributed by atoms with Gasteiger partial charge in [0.05, 0.1) is 0 Å². The summed E-state index contributed by atoms with van der Waals surface area (Å²) in [6.45, 7) is 7.22. The first kappa shape index (κ1) is 13.1. The molecule has 4 heteroatoms. The van der Waals surface area contributed by atoms with Gasteiger partial charge in [-0.1, -0.05) is 26.7 Å². The van der Waals surface area contributed by atoms with Crippen LogP contribution in [0.1, 0.15) is 40.0 Å². The zero-order chi connectivity index (χ0) is 13.1. The van der Waals surface area contributed by atoms with Crippen molar-refractivity contribution >= 4 is 5.82 Å². The van der Waals surface area contributed by atoms with Crippen molar-refractivity contribution in [2.45, 2.75) is 52.6 Å². The van der Waals surface area contributed by atoms with E-state index in [0.29, 0.717) is 30.2 Å². The number of hydrogen-bond acceptors (Lipinski definition) is 3. The molecule has 1 aromatic heterocycles. The third-order valence-corrected chi connectivity index (χ3v) is 4.28. The van der Waals surface area contributed by atoms with Gasteiger partial charge in [0.1, 0.15) is 0 Å². The predicted octanol–water partition coefficient (Wildman–Crippen LogP) is 2.50. The topological polar surface area (TPSA) is 46.9 Å². The normalized spacial score (nSPS) is 28.1. The first-order valence-corrected chi connectivity index (χ1v) is 6.95. The Labute approximate surface area is 108 Å². The highest BCUT2D eigenvalue weighted by atomic mass is 16.1. The molecule has 1 aromatic rings. The van der Waals surface area contributed by atoms with Crippen LogP contribution in [0.25, 0.3) is 0 Å². The largest absolute Gasteiger partial charge is 0.362 e. The van der Waals surface area contributed by atoms with Gasteiger partial charge in [-0.3, -0.25) is 4.79 Å². The van der Waals surface area contributed by atoms with Crippen LogP contribution in [0.5, 0.6) is 0 Å². The second-order valence-corrected chi connectivity index (χ2v) is 5.39. The molecule has 2 rings (SSSR count). The molecule has 3 unspecified atom stereocenters. The lowest BCUT2D eigenvalue weighted by atomic mass is 9.78. The molecule has 18 heavy (non-hydrogen) atoms. The molecule has 1 saturated carbocycles. The molecule has 4 nitrogen and oxygen atoms in total. The summed E-state index contributed by atoms with van der Waals surface area (Å²) in [7, 11) is 0. The number of aromatic nitrogens is 2. The van der Waals surface area contributed by atoms with Gasteiger partial charge in [-0.25, -0.2) is 4.98 Å². The van der Waals surface area contributed by atoms with Crippen molar-refractivity contribution in [3.8, 4) is 0 Å². The highest BCUT2D eigenvalue weighted by molar-refractivity contribution is 5.32. The zero-order valence-electron chi connectivity index (χ0n) is 11.5. The summed E-state index contributed by atoms with van der Waals surface area (Å²) in [5.74, 6) is 1.81. The van der Waals surface area contributed by atoms with Gasteiger partial charge in [-0.2, -0.15) is 0 Å². The Bertz CT molecular complexity index is 455. The van der Waals surface area contributed by atoms with Crippen LogP contribution in [0, 0.1) is 11.8 Å². The summed E-state index contributed by atoms with van der Waals surface area (Å²) < 4.78 is 1.69. The van der Waals surface area contributed by atoms with Crippen LogP contribution in [0.2, 0.25) is 0 Å². The maximum Gasteiger partial charge on any atom is 0.293 e. The second-order valence-electron chi connectivity index (χ2n) is 5.39. The van der Waals surface area contributed by atoms with Crippen LogP contribution in [0.15, 0.2) is 17.2 Å². The van der Waals surface area contributed by atoms with Crippen molar-refractivity contribution in [1.82, 2.24) is 9.55 Å². The first-order valence-electron chi connectivity index (χ1n) is 6.95. The lowest BCUT2D eigenvalue weighted by molar-refractivity contribution is 0.252. The standard InChI is InChI=1S/C14H23N3O/c1-4-17-9-8-15-13(14(17)18)16-12-7-5-6-10(2)11(12)3/h8-12H,4-7H2,1-3H3,(H,15,16). The minimum absolute atomic E-state index is 0.00886. The van der Waals surface area contributed by atoms with Crippen molar-refractivity contribution in [3.05, 3.63) is 22.7 Å². The Hall–Kier alpha value is -1.32. The van der Waals surface area contributed by atoms with Crippen molar-refractivity contribution in [2.24, 2.45) is 11.8 Å². The Morgan fingerprint density at radius 3 is 2.94 bits per heavy atom. The molecular weight excluding hydrogens is 226 g/mol. The lowest BCUT2D eigenvalue weighted by Crippen LogP contribution is -2.37. The van der Waals surface area contributed by atoms with Crippen molar-refractivity contribution in [2.75, 3.05) is 5.32 Å². The smallest absolute Gasteiger partial charge is 0.293 e. The predicted molar refractivity (Wildman–Crippen MR) is 73.8 cm³/mol. The van der Waals surface area contributed by atoms with E-state index in [2.05, 4.69) is 24.1 Å². The van der Waals surface area contributed by atoms with Gasteiger partial charge >= 0.3 is 0 Å². The number of anilines is 1. The van der Waals surface area contributed by atoms with Crippen LogP contribution in [0.4, 0.5) is 5.82 Å². The molecule has 1 fully saturated rings. The van der Waals surface area contributed by atoms with E-state index in [9.17, 15) is 4.79 Å². The Balaban J connectivity index is 2.16. The van der Waals surface area contributed by atoms with E-state index in [0.717, 1.165) is 6.42 Å². The van der Waals surface area contributed by atoms with Crippen LogP contribution in [-0.2, 0) is 6.54 Å². The molecule has 1 aliphatic rings. The van der Waals surface area contributed by atoms with E-state index in [1.165, 1.54) is 12.8 Å². The Morgan fingerprint density at radius 2 is 2.22 bits per heavy atom. The van der Waals surface area contributed by atoms with E-state index in [1.807, 2.05) is 6.92 Å². The monoisotopic (exact) mass is 249 g/mol. The molecule has 0 saturated heterocycles. The Kier molecular flexibility index (Phi) is 4.04. The van der Waals surface area contributed by atoms with Crippen LogP contribution in [-0.4, -0.2) is 15.6 Å². The molecule has 3 atom stereocenters. The van der Waals surface area contributed by atoms with Crippen molar-refractivity contribution < 1.29 is 0 Å². The molecule has 0 aromatic carbocycles. The Morgan fingerprint density at radius 1 is 1.44 bits per heavy atom. The SMILES string of the molecule is CCn1ccnc(NC2CCCC(C)C2C)c1=O. The number of nitrogens with zero attached hydrogens (tertiary/aromatic N) is 2. The van der Waals surface area contributed by atoms with E-state index in [-0.39, 0.29) is 5.56 Å². The molecule has 100 valence electrons. The summed E-state index contributed by atoms with van der Waals surface area (Å²) in [5, 5.41) is 3.36. The molecule has 0 amide bonds. The van der Waals surface area contributed by atoms with Crippen LogP contribution >= 0.6 is 0 Å². The minimum Gasteiger partial charge on any atom is -0.362 e. The van der Waals surface area contributed by atoms with E-state index in [4.69, 9.17) is 0 Å². The van der Waals surface area contributed by atoms with Crippen molar-refractivity contribution in [3.63, 3.8) is 0 Å². The van der Waals surface area contributed by atoms with Gasteiger partial charge in [0.2, 0.25) is 0 Å². The summed E-state index contributed by atoms with van der Waals surface area (Å²) in [6.07, 6.45) is 7.09. The molecule has 1 aliphatic carbocycles. The van der Waals surface area contributed by atoms with E-state index in [1.54, 1.807) is 17.0 Å². The maximum atomic E-state index is 12.1. The average Bonchev–Trinajstić information content (AvgIpc) is 2.37. The third-order valence-electron chi connectivity index (χ3n) is 4.28. The van der Waals surface area contributed by atoms with Crippen LogP contribution < -0.4 is 10.9 Å². The fourth-order valence-electron chi connectivity index (χ4n) is 2.76. The van der Waals surface area contributed by atoms with Gasteiger partial charge in [-0.05, 0) is 25.2 Å². The summed E-state index contributed by atoms with van der Waals surface area (Å²) in [6, 6.07) is 0.377. The van der Waals surface area contributed by atoms with E-state index < -0.39 is 0 Å².